The zero-order valence-corrected chi connectivity index (χ0v) is 22.6. The molecule has 5 N–H and O–H groups in total. The van der Waals surface area contributed by atoms with E-state index in [1.54, 1.807) is 12.1 Å². The molecule has 1 amide bonds. The quantitative estimate of drug-likeness (QED) is 0.150. The Kier molecular flexibility index (Phi) is 7.78. The summed E-state index contributed by atoms with van der Waals surface area (Å²) in [5.74, 6) is -1.23. The molecule has 0 saturated heterocycles. The predicted octanol–water partition coefficient (Wildman–Crippen LogP) is 4.48. The van der Waals surface area contributed by atoms with Crippen molar-refractivity contribution >= 4 is 45.6 Å². The number of benzene rings is 2. The summed E-state index contributed by atoms with van der Waals surface area (Å²) in [6.07, 6.45) is -5.97. The Balaban J connectivity index is 1.37. The van der Waals surface area contributed by atoms with Crippen LogP contribution in [0.25, 0.3) is 0 Å². The minimum atomic E-state index is -4.48. The van der Waals surface area contributed by atoms with Crippen LogP contribution in [0.4, 0.5) is 23.9 Å². The predicted molar refractivity (Wildman–Crippen MR) is 149 cm³/mol. The van der Waals surface area contributed by atoms with Gasteiger partial charge >= 0.3 is 6.18 Å². The van der Waals surface area contributed by atoms with Crippen molar-refractivity contribution in [2.24, 2.45) is 4.99 Å². The zero-order valence-electron chi connectivity index (χ0n) is 21.8. The molecule has 1 fully saturated rings. The number of thiazole rings is 1. The van der Waals surface area contributed by atoms with E-state index in [4.69, 9.17) is 20.3 Å². The summed E-state index contributed by atoms with van der Waals surface area (Å²) in [5, 5.41) is 25.0. The molecule has 1 aliphatic heterocycles. The Labute approximate surface area is 237 Å². The maximum absolute atomic E-state index is 13.8. The summed E-state index contributed by atoms with van der Waals surface area (Å²) < 4.78 is 51.6. The number of para-hydroxylation sites is 1. The molecular formula is C27H26F3N7O3S. The standard InChI is InChI=1S/C27H26F3N7O3S/c1-39-14-13-33-23-19(36-24(41-23)26(11-12-26)27(28,29)30)20(31)40-25(32)37-21-22(38)34-17-10-6-5-9-16(17)18(35-21)15-7-3-2-4-8-15/h2-10,21,31,33H,11-14H2,1H3,(H2,32,37)(H,34,38). The number of ether oxygens (including phenoxy) is 2. The molecule has 1 aromatic heterocycles. The molecule has 1 atom stereocenters. The van der Waals surface area contributed by atoms with Crippen LogP contribution in [0.15, 0.2) is 59.6 Å². The van der Waals surface area contributed by atoms with Gasteiger partial charge in [-0.2, -0.15) is 13.2 Å². The molecule has 41 heavy (non-hydrogen) atoms. The van der Waals surface area contributed by atoms with Gasteiger partial charge in [-0.05, 0) is 18.9 Å². The van der Waals surface area contributed by atoms with Gasteiger partial charge in [-0.15, -0.1) is 0 Å². The van der Waals surface area contributed by atoms with Crippen LogP contribution in [0.1, 0.15) is 34.7 Å². The minimum Gasteiger partial charge on any atom is -0.405 e. The number of amides is 1. The molecule has 1 saturated carbocycles. The average Bonchev–Trinajstić information content (AvgIpc) is 3.68. The van der Waals surface area contributed by atoms with Crippen LogP contribution in [-0.4, -0.2) is 61.1 Å². The lowest BCUT2D eigenvalue weighted by atomic mass is 10.0. The number of aromatic nitrogens is 1. The normalized spacial score (nSPS) is 17.4. The van der Waals surface area contributed by atoms with Crippen molar-refractivity contribution in [3.05, 3.63) is 76.4 Å². The van der Waals surface area contributed by atoms with Crippen LogP contribution in [0.2, 0.25) is 0 Å². The van der Waals surface area contributed by atoms with Gasteiger partial charge in [-0.1, -0.05) is 59.9 Å². The van der Waals surface area contributed by atoms with E-state index in [0.29, 0.717) is 17.0 Å². The second-order valence-electron chi connectivity index (χ2n) is 9.38. The van der Waals surface area contributed by atoms with Crippen molar-refractivity contribution in [1.82, 2.24) is 10.3 Å². The number of hydrogen-bond donors (Lipinski definition) is 5. The maximum atomic E-state index is 13.8. The first kappa shape index (κ1) is 28.2. The number of nitrogens with zero attached hydrogens (tertiary/aromatic N) is 2. The Morgan fingerprint density at radius 3 is 2.54 bits per heavy atom. The fourth-order valence-corrected chi connectivity index (χ4v) is 5.55. The Hall–Kier alpha value is -4.30. The molecule has 10 nitrogen and oxygen atoms in total. The smallest absolute Gasteiger partial charge is 0.400 e. The molecule has 14 heteroatoms. The number of halogens is 3. The third kappa shape index (κ3) is 5.79. The molecule has 0 spiro atoms. The first-order valence-corrected chi connectivity index (χ1v) is 13.4. The number of aliphatic imine (C=N–C) groups is 1. The molecule has 5 rings (SSSR count). The van der Waals surface area contributed by atoms with Gasteiger partial charge in [-0.3, -0.25) is 15.6 Å². The summed E-state index contributed by atoms with van der Waals surface area (Å²) in [5.41, 5.74) is 0.228. The Bertz CT molecular complexity index is 1500. The van der Waals surface area contributed by atoms with E-state index >= 15 is 0 Å². The minimum absolute atomic E-state index is 0.0898. The van der Waals surface area contributed by atoms with E-state index in [1.807, 2.05) is 42.5 Å². The fraction of sp³-hybridized carbons (Fsp3) is 0.296. The summed E-state index contributed by atoms with van der Waals surface area (Å²) in [7, 11) is 1.48. The highest BCUT2D eigenvalue weighted by atomic mass is 32.1. The van der Waals surface area contributed by atoms with Gasteiger partial charge in [0, 0.05) is 24.8 Å². The number of fused-ring (bicyclic) bond motifs is 1. The number of anilines is 2. The molecule has 1 aliphatic carbocycles. The summed E-state index contributed by atoms with van der Waals surface area (Å²) in [6.45, 7) is 0.524. The number of nitrogens with one attached hydrogen (secondary N) is 5. The van der Waals surface area contributed by atoms with Crippen LogP contribution in [0, 0.1) is 10.8 Å². The van der Waals surface area contributed by atoms with Crippen LogP contribution in [0.3, 0.4) is 0 Å². The summed E-state index contributed by atoms with van der Waals surface area (Å²) in [6, 6.07) is 15.6. The van der Waals surface area contributed by atoms with Crippen molar-refractivity contribution < 1.29 is 27.4 Å². The highest BCUT2D eigenvalue weighted by Gasteiger charge is 2.66. The number of rotatable bonds is 8. The molecule has 2 heterocycles. The molecule has 0 radical (unpaired) electrons. The summed E-state index contributed by atoms with van der Waals surface area (Å²) in [4.78, 5) is 21.7. The van der Waals surface area contributed by atoms with Gasteiger partial charge in [0.15, 0.2) is 5.69 Å². The van der Waals surface area contributed by atoms with E-state index < -0.39 is 35.6 Å². The molecule has 214 valence electrons. The number of amidine groups is 1. The van der Waals surface area contributed by atoms with Crippen molar-refractivity contribution in [3.8, 4) is 0 Å². The molecule has 1 unspecified atom stereocenters. The van der Waals surface area contributed by atoms with Gasteiger partial charge in [0.05, 0.1) is 18.0 Å². The topological polar surface area (TPSA) is 145 Å². The van der Waals surface area contributed by atoms with Crippen LogP contribution < -0.4 is 16.0 Å². The number of methoxy groups -OCH3 is 1. The Morgan fingerprint density at radius 2 is 1.85 bits per heavy atom. The number of carbonyl (C=O) groups excluding carboxylic acids is 1. The molecule has 2 aromatic carbocycles. The molecule has 0 bridgehead atoms. The largest absolute Gasteiger partial charge is 0.405 e. The van der Waals surface area contributed by atoms with Crippen LogP contribution >= 0.6 is 11.3 Å². The highest BCUT2D eigenvalue weighted by molar-refractivity contribution is 7.16. The van der Waals surface area contributed by atoms with Crippen molar-refractivity contribution in [3.63, 3.8) is 0 Å². The Morgan fingerprint density at radius 1 is 1.15 bits per heavy atom. The molecule has 3 aromatic rings. The third-order valence-corrected chi connectivity index (χ3v) is 7.82. The van der Waals surface area contributed by atoms with E-state index in [0.717, 1.165) is 16.9 Å². The number of alkyl halides is 3. The van der Waals surface area contributed by atoms with Crippen molar-refractivity contribution in [2.75, 3.05) is 30.9 Å². The summed E-state index contributed by atoms with van der Waals surface area (Å²) >= 11 is 0.796. The van der Waals surface area contributed by atoms with E-state index in [1.165, 1.54) is 7.11 Å². The lowest BCUT2D eigenvalue weighted by Gasteiger charge is -2.16. The monoisotopic (exact) mass is 585 g/mol. The van der Waals surface area contributed by atoms with Gasteiger partial charge in [0.1, 0.15) is 15.4 Å². The van der Waals surface area contributed by atoms with Gasteiger partial charge in [0.25, 0.3) is 11.9 Å². The second kappa shape index (κ2) is 11.3. The second-order valence-corrected chi connectivity index (χ2v) is 10.4. The number of carbonyl (C=O) groups is 1. The average molecular weight is 586 g/mol. The van der Waals surface area contributed by atoms with Crippen molar-refractivity contribution in [1.29, 1.82) is 10.8 Å². The van der Waals surface area contributed by atoms with E-state index in [2.05, 4.69) is 25.9 Å². The van der Waals surface area contributed by atoms with Gasteiger partial charge in [0.2, 0.25) is 12.1 Å². The molecule has 2 aliphatic rings. The van der Waals surface area contributed by atoms with Crippen LogP contribution in [-0.2, 0) is 19.7 Å². The van der Waals surface area contributed by atoms with Gasteiger partial charge in [-0.25, -0.2) is 9.98 Å². The lowest BCUT2D eigenvalue weighted by Crippen LogP contribution is -2.43. The van der Waals surface area contributed by atoms with E-state index in [-0.39, 0.29) is 41.7 Å². The van der Waals surface area contributed by atoms with E-state index in [9.17, 15) is 18.0 Å². The zero-order chi connectivity index (χ0) is 29.2. The lowest BCUT2D eigenvalue weighted by molar-refractivity contribution is -0.160. The van der Waals surface area contributed by atoms with Gasteiger partial charge < -0.3 is 25.4 Å². The third-order valence-electron chi connectivity index (χ3n) is 6.60. The number of benzodiazepines with no additional fused rings is 1. The number of hydrogen-bond acceptors (Lipinski definition) is 9. The maximum Gasteiger partial charge on any atom is 0.400 e. The van der Waals surface area contributed by atoms with Crippen LogP contribution in [0.5, 0.6) is 0 Å². The van der Waals surface area contributed by atoms with Crippen molar-refractivity contribution in [2.45, 2.75) is 30.6 Å². The fourth-order valence-electron chi connectivity index (χ4n) is 4.29. The first-order chi connectivity index (χ1) is 19.6. The molecular weight excluding hydrogens is 559 g/mol. The SMILES string of the molecule is COCCNc1sc(C2(C(F)(F)F)CC2)nc1C(=N)OC(=N)NC1N=C(c2ccccc2)c2ccccc2NC1=O. The first-order valence-electron chi connectivity index (χ1n) is 12.6. The highest BCUT2D eigenvalue weighted by Crippen LogP contribution is 2.60.